The van der Waals surface area contributed by atoms with E-state index in [1.165, 1.54) is 11.1 Å². The first-order valence-corrected chi connectivity index (χ1v) is 6.71. The molecule has 1 aliphatic rings. The normalized spacial score (nSPS) is 13.0. The first kappa shape index (κ1) is 15.0. The monoisotopic (exact) mass is 287 g/mol. The molecule has 6 heteroatoms. The van der Waals surface area contributed by atoms with Gasteiger partial charge in [0.15, 0.2) is 0 Å². The number of hydrogen-bond donors (Lipinski definition) is 2. The molecule has 110 valence electrons. The predicted molar refractivity (Wildman–Crippen MR) is 76.3 cm³/mol. The SMILES string of the molecule is CN(CC(=O)NC1CC1)C(=O)c1ncccc1C#CCO. The minimum atomic E-state index is -0.371. The fourth-order valence-corrected chi connectivity index (χ4v) is 1.78. The Bertz CT molecular complexity index is 600. The van der Waals surface area contributed by atoms with Gasteiger partial charge in [-0.3, -0.25) is 9.59 Å². The lowest BCUT2D eigenvalue weighted by atomic mass is 10.2. The minimum absolute atomic E-state index is 0.0151. The number of amides is 2. The van der Waals surface area contributed by atoms with Gasteiger partial charge in [0, 0.05) is 19.3 Å². The summed E-state index contributed by atoms with van der Waals surface area (Å²) < 4.78 is 0. The number of nitrogens with one attached hydrogen (secondary N) is 1. The van der Waals surface area contributed by atoms with E-state index in [0.717, 1.165) is 12.8 Å². The van der Waals surface area contributed by atoms with Crippen molar-refractivity contribution in [3.05, 3.63) is 29.6 Å². The van der Waals surface area contributed by atoms with Crippen LogP contribution in [-0.2, 0) is 4.79 Å². The van der Waals surface area contributed by atoms with Crippen LogP contribution in [0.25, 0.3) is 0 Å². The summed E-state index contributed by atoms with van der Waals surface area (Å²) in [6.07, 6.45) is 3.50. The summed E-state index contributed by atoms with van der Waals surface area (Å²) in [6, 6.07) is 3.58. The molecule has 2 rings (SSSR count). The van der Waals surface area contributed by atoms with Crippen molar-refractivity contribution < 1.29 is 14.7 Å². The number of nitrogens with zero attached hydrogens (tertiary/aromatic N) is 2. The molecule has 21 heavy (non-hydrogen) atoms. The summed E-state index contributed by atoms with van der Waals surface area (Å²) >= 11 is 0. The average molecular weight is 287 g/mol. The number of aliphatic hydroxyl groups is 1. The van der Waals surface area contributed by atoms with Crippen molar-refractivity contribution in [2.75, 3.05) is 20.2 Å². The maximum Gasteiger partial charge on any atom is 0.273 e. The smallest absolute Gasteiger partial charge is 0.273 e. The van der Waals surface area contributed by atoms with Crippen molar-refractivity contribution in [2.24, 2.45) is 0 Å². The Kier molecular flexibility index (Phi) is 4.90. The molecule has 0 aliphatic heterocycles. The summed E-state index contributed by atoms with van der Waals surface area (Å²) in [4.78, 5) is 29.4. The molecule has 0 saturated heterocycles. The van der Waals surface area contributed by atoms with Crippen molar-refractivity contribution in [2.45, 2.75) is 18.9 Å². The molecule has 0 bridgehead atoms. The summed E-state index contributed by atoms with van der Waals surface area (Å²) in [5.74, 6) is 4.63. The van der Waals surface area contributed by atoms with E-state index in [2.05, 4.69) is 22.1 Å². The van der Waals surface area contributed by atoms with Crippen molar-refractivity contribution >= 4 is 11.8 Å². The largest absolute Gasteiger partial charge is 0.384 e. The molecule has 0 atom stereocenters. The predicted octanol–water partition coefficient (Wildman–Crippen LogP) is -0.224. The van der Waals surface area contributed by atoms with Gasteiger partial charge in [-0.15, -0.1) is 0 Å². The van der Waals surface area contributed by atoms with E-state index in [0.29, 0.717) is 5.56 Å². The van der Waals surface area contributed by atoms with E-state index < -0.39 is 0 Å². The molecule has 0 aromatic carbocycles. The van der Waals surface area contributed by atoms with Gasteiger partial charge in [0.05, 0.1) is 12.1 Å². The number of aliphatic hydroxyl groups excluding tert-OH is 1. The maximum absolute atomic E-state index is 12.3. The van der Waals surface area contributed by atoms with E-state index in [1.807, 2.05) is 0 Å². The number of aromatic nitrogens is 1. The topological polar surface area (TPSA) is 82.5 Å². The van der Waals surface area contributed by atoms with Crippen molar-refractivity contribution in [1.82, 2.24) is 15.2 Å². The fraction of sp³-hybridized carbons (Fsp3) is 0.400. The van der Waals surface area contributed by atoms with Gasteiger partial charge in [-0.25, -0.2) is 4.98 Å². The summed E-state index contributed by atoms with van der Waals surface area (Å²) in [7, 11) is 1.55. The molecule has 0 spiro atoms. The van der Waals surface area contributed by atoms with Gasteiger partial charge < -0.3 is 15.3 Å². The molecule has 6 nitrogen and oxygen atoms in total. The quantitative estimate of drug-likeness (QED) is 0.750. The van der Waals surface area contributed by atoms with Crippen molar-refractivity contribution in [3.8, 4) is 11.8 Å². The molecule has 2 N–H and O–H groups in total. The second kappa shape index (κ2) is 6.86. The highest BCUT2D eigenvalue weighted by Gasteiger charge is 2.25. The molecule has 1 aromatic heterocycles. The fourth-order valence-electron chi connectivity index (χ4n) is 1.78. The van der Waals surface area contributed by atoms with Gasteiger partial charge in [-0.2, -0.15) is 0 Å². The number of pyridine rings is 1. The zero-order valence-corrected chi connectivity index (χ0v) is 11.8. The molecule has 1 fully saturated rings. The van der Waals surface area contributed by atoms with Gasteiger partial charge in [0.2, 0.25) is 5.91 Å². The van der Waals surface area contributed by atoms with Crippen LogP contribution in [0, 0.1) is 11.8 Å². The molecule has 1 aliphatic carbocycles. The van der Waals surface area contributed by atoms with Crippen LogP contribution in [0.2, 0.25) is 0 Å². The highest BCUT2D eigenvalue weighted by Crippen LogP contribution is 2.18. The van der Waals surface area contributed by atoms with E-state index >= 15 is 0 Å². The molecule has 1 saturated carbocycles. The van der Waals surface area contributed by atoms with Crippen LogP contribution >= 0.6 is 0 Å². The lowest BCUT2D eigenvalue weighted by Crippen LogP contribution is -2.39. The Morgan fingerprint density at radius 2 is 2.29 bits per heavy atom. The van der Waals surface area contributed by atoms with Gasteiger partial charge in [-0.1, -0.05) is 11.8 Å². The summed E-state index contributed by atoms with van der Waals surface area (Å²) in [5, 5.41) is 11.6. The van der Waals surface area contributed by atoms with E-state index in [4.69, 9.17) is 5.11 Å². The van der Waals surface area contributed by atoms with Gasteiger partial charge in [0.25, 0.3) is 5.91 Å². The van der Waals surface area contributed by atoms with Gasteiger partial charge in [-0.05, 0) is 25.0 Å². The highest BCUT2D eigenvalue weighted by molar-refractivity contribution is 5.96. The van der Waals surface area contributed by atoms with Gasteiger partial charge >= 0.3 is 0 Å². The maximum atomic E-state index is 12.3. The van der Waals surface area contributed by atoms with Crippen LogP contribution in [0.1, 0.15) is 28.9 Å². The summed E-state index contributed by atoms with van der Waals surface area (Å²) in [5.41, 5.74) is 0.617. The zero-order valence-electron chi connectivity index (χ0n) is 11.8. The number of likely N-dealkylation sites (N-methyl/N-ethyl adjacent to an activating group) is 1. The Hall–Kier alpha value is -2.39. The van der Waals surface area contributed by atoms with Crippen molar-refractivity contribution in [1.29, 1.82) is 0 Å². The molecule has 2 amide bonds. The Morgan fingerprint density at radius 1 is 1.52 bits per heavy atom. The van der Waals surface area contributed by atoms with Gasteiger partial charge in [0.1, 0.15) is 12.3 Å². The Balaban J connectivity index is 2.05. The van der Waals surface area contributed by atoms with Crippen LogP contribution in [0.5, 0.6) is 0 Å². The lowest BCUT2D eigenvalue weighted by molar-refractivity contribution is -0.121. The van der Waals surface area contributed by atoms with E-state index in [-0.39, 0.29) is 36.7 Å². The first-order valence-electron chi connectivity index (χ1n) is 6.71. The second-order valence-corrected chi connectivity index (χ2v) is 4.86. The van der Waals surface area contributed by atoms with Crippen molar-refractivity contribution in [3.63, 3.8) is 0 Å². The Morgan fingerprint density at radius 3 is 2.95 bits per heavy atom. The highest BCUT2D eigenvalue weighted by atomic mass is 16.2. The molecule has 1 heterocycles. The van der Waals surface area contributed by atoms with E-state index in [9.17, 15) is 9.59 Å². The number of carbonyl (C=O) groups is 2. The van der Waals surface area contributed by atoms with Crippen LogP contribution in [0.3, 0.4) is 0 Å². The standard InChI is InChI=1S/C15H17N3O3/c1-18(10-13(20)17-12-6-7-12)15(21)14-11(5-3-9-19)4-2-8-16-14/h2,4,8,12,19H,6-7,9-10H2,1H3,(H,17,20). The minimum Gasteiger partial charge on any atom is -0.384 e. The number of rotatable bonds is 4. The molecule has 0 unspecified atom stereocenters. The third kappa shape index (κ3) is 4.29. The number of carbonyl (C=O) groups excluding carboxylic acids is 2. The molecule has 0 radical (unpaired) electrons. The zero-order chi connectivity index (χ0) is 15.2. The second-order valence-electron chi connectivity index (χ2n) is 4.86. The first-order chi connectivity index (χ1) is 10.1. The van der Waals surface area contributed by atoms with E-state index in [1.54, 1.807) is 19.2 Å². The average Bonchev–Trinajstić information content (AvgIpc) is 3.28. The van der Waals surface area contributed by atoms with Crippen LogP contribution in [0.4, 0.5) is 0 Å². The molecular weight excluding hydrogens is 270 g/mol. The third-order valence-electron chi connectivity index (χ3n) is 2.98. The van der Waals surface area contributed by atoms with Crippen LogP contribution in [-0.4, -0.2) is 53.0 Å². The van der Waals surface area contributed by atoms with Crippen LogP contribution in [0.15, 0.2) is 18.3 Å². The number of hydrogen-bond acceptors (Lipinski definition) is 4. The Labute approximate surface area is 123 Å². The molecular formula is C15H17N3O3. The van der Waals surface area contributed by atoms with Crippen LogP contribution < -0.4 is 5.32 Å². The summed E-state index contributed by atoms with van der Waals surface area (Å²) in [6.45, 7) is -0.305. The molecule has 1 aromatic rings. The third-order valence-corrected chi connectivity index (χ3v) is 2.98. The lowest BCUT2D eigenvalue weighted by Gasteiger charge is -2.16.